The Morgan fingerprint density at radius 3 is 1.28 bits per heavy atom. The Bertz CT molecular complexity index is 1620. The largest absolute Gasteiger partial charge is 0.310 e. The van der Waals surface area contributed by atoms with Gasteiger partial charge in [-0.25, -0.2) is 0 Å². The summed E-state index contributed by atoms with van der Waals surface area (Å²) in [6, 6.07) is 54.5. The van der Waals surface area contributed by atoms with Crippen LogP contribution in [0.4, 0.5) is 17.1 Å². The number of hydrogen-bond acceptors (Lipinski definition) is 1. The highest BCUT2D eigenvalue weighted by atomic mass is 15.1. The number of rotatable bonds is 6. The lowest BCUT2D eigenvalue weighted by atomic mass is 9.92. The minimum absolute atomic E-state index is 1.13. The zero-order valence-corrected chi connectivity index (χ0v) is 22.4. The van der Waals surface area contributed by atoms with E-state index in [4.69, 9.17) is 0 Å². The van der Waals surface area contributed by atoms with Crippen LogP contribution in [0, 0.1) is 13.8 Å². The van der Waals surface area contributed by atoms with Crippen LogP contribution < -0.4 is 4.90 Å². The maximum absolute atomic E-state index is 2.34. The fourth-order valence-corrected chi connectivity index (χ4v) is 5.09. The molecule has 1 heteroatoms. The van der Waals surface area contributed by atoms with Crippen LogP contribution in [0.1, 0.15) is 11.1 Å². The minimum Gasteiger partial charge on any atom is -0.310 e. The van der Waals surface area contributed by atoms with Crippen LogP contribution in [-0.4, -0.2) is 0 Å². The number of hydrogen-bond donors (Lipinski definition) is 0. The van der Waals surface area contributed by atoms with Crippen molar-refractivity contribution in [2.75, 3.05) is 4.90 Å². The molecule has 0 saturated heterocycles. The predicted octanol–water partition coefficient (Wildman–Crippen LogP) is 10.8. The first-order valence-electron chi connectivity index (χ1n) is 13.4. The van der Waals surface area contributed by atoms with Crippen LogP contribution >= 0.6 is 0 Å². The third-order valence-electron chi connectivity index (χ3n) is 7.23. The Kier molecular flexibility index (Phi) is 6.80. The molecule has 6 rings (SSSR count). The molecule has 0 radical (unpaired) electrons. The third kappa shape index (κ3) is 5.26. The van der Waals surface area contributed by atoms with Crippen molar-refractivity contribution in [1.29, 1.82) is 0 Å². The van der Waals surface area contributed by atoms with Crippen molar-refractivity contribution in [3.63, 3.8) is 0 Å². The van der Waals surface area contributed by atoms with Gasteiger partial charge in [0.2, 0.25) is 0 Å². The van der Waals surface area contributed by atoms with Gasteiger partial charge in [0.25, 0.3) is 0 Å². The van der Waals surface area contributed by atoms with Crippen LogP contribution in [0.3, 0.4) is 0 Å². The second-order valence-corrected chi connectivity index (χ2v) is 10.0. The molecule has 1 nitrogen and oxygen atoms in total. The molecule has 0 saturated carbocycles. The van der Waals surface area contributed by atoms with E-state index in [1.807, 2.05) is 0 Å². The number of nitrogens with zero attached hydrogens (tertiary/aromatic N) is 1. The summed E-state index contributed by atoms with van der Waals surface area (Å²) in [5.41, 5.74) is 13.2. The number of benzene rings is 6. The molecule has 6 aromatic carbocycles. The van der Waals surface area contributed by atoms with Gasteiger partial charge in [-0.3, -0.25) is 0 Å². The predicted molar refractivity (Wildman–Crippen MR) is 167 cm³/mol. The van der Waals surface area contributed by atoms with E-state index in [-0.39, 0.29) is 0 Å². The van der Waals surface area contributed by atoms with Crippen LogP contribution in [0.5, 0.6) is 0 Å². The maximum Gasteiger partial charge on any atom is 0.0468 e. The molecule has 0 amide bonds. The number of anilines is 3. The summed E-state index contributed by atoms with van der Waals surface area (Å²) >= 11 is 0. The third-order valence-corrected chi connectivity index (χ3v) is 7.23. The Labute approximate surface area is 231 Å². The summed E-state index contributed by atoms with van der Waals surface area (Å²) in [5.74, 6) is 0. The molecule has 39 heavy (non-hydrogen) atoms. The first-order chi connectivity index (χ1) is 19.2. The lowest BCUT2D eigenvalue weighted by Crippen LogP contribution is -2.10. The Hall–Kier alpha value is -4.88. The molecule has 0 aliphatic heterocycles. The summed E-state index contributed by atoms with van der Waals surface area (Å²) in [6.07, 6.45) is 0. The summed E-state index contributed by atoms with van der Waals surface area (Å²) in [5, 5.41) is 0. The second kappa shape index (κ2) is 10.8. The molecule has 0 heterocycles. The zero-order chi connectivity index (χ0) is 26.6. The summed E-state index contributed by atoms with van der Waals surface area (Å²) in [4.78, 5) is 2.34. The first kappa shape index (κ1) is 24.5. The molecule has 0 aliphatic rings. The van der Waals surface area contributed by atoms with Crippen molar-refractivity contribution in [2.24, 2.45) is 0 Å². The summed E-state index contributed by atoms with van der Waals surface area (Å²) < 4.78 is 0. The van der Waals surface area contributed by atoms with E-state index < -0.39 is 0 Å². The van der Waals surface area contributed by atoms with Crippen molar-refractivity contribution in [2.45, 2.75) is 13.8 Å². The molecule has 0 spiro atoms. The lowest BCUT2D eigenvalue weighted by Gasteiger charge is -2.27. The zero-order valence-electron chi connectivity index (χ0n) is 22.4. The first-order valence-corrected chi connectivity index (χ1v) is 13.4. The van der Waals surface area contributed by atoms with Gasteiger partial charge in [0.1, 0.15) is 0 Å². The monoisotopic (exact) mass is 501 g/mol. The smallest absolute Gasteiger partial charge is 0.0468 e. The van der Waals surface area contributed by atoms with Crippen LogP contribution in [-0.2, 0) is 0 Å². The number of aryl methyl sites for hydroxylation is 2. The van der Waals surface area contributed by atoms with Crippen LogP contribution in [0.25, 0.3) is 33.4 Å². The topological polar surface area (TPSA) is 3.24 Å². The van der Waals surface area contributed by atoms with Crippen molar-refractivity contribution >= 4 is 17.1 Å². The molecule has 0 unspecified atom stereocenters. The fourth-order valence-electron chi connectivity index (χ4n) is 5.09. The van der Waals surface area contributed by atoms with Gasteiger partial charge < -0.3 is 4.90 Å². The summed E-state index contributed by atoms with van der Waals surface area (Å²) in [6.45, 7) is 4.26. The molecule has 0 atom stereocenters. The highest BCUT2D eigenvalue weighted by Gasteiger charge is 2.16. The maximum atomic E-state index is 2.34. The molecular weight excluding hydrogens is 470 g/mol. The van der Waals surface area contributed by atoms with Crippen LogP contribution in [0.15, 0.2) is 152 Å². The Morgan fingerprint density at radius 1 is 0.333 bits per heavy atom. The van der Waals surface area contributed by atoms with Gasteiger partial charge >= 0.3 is 0 Å². The molecule has 0 fully saturated rings. The van der Waals surface area contributed by atoms with Crippen LogP contribution in [0.2, 0.25) is 0 Å². The minimum atomic E-state index is 1.13. The van der Waals surface area contributed by atoms with E-state index in [9.17, 15) is 0 Å². The average molecular weight is 502 g/mol. The van der Waals surface area contributed by atoms with Gasteiger partial charge in [-0.05, 0) is 83.6 Å². The van der Waals surface area contributed by atoms with Crippen molar-refractivity contribution < 1.29 is 0 Å². The van der Waals surface area contributed by atoms with Gasteiger partial charge in [0, 0.05) is 17.1 Å². The molecule has 6 aromatic rings. The van der Waals surface area contributed by atoms with E-state index in [1.165, 1.54) is 44.5 Å². The van der Waals surface area contributed by atoms with Gasteiger partial charge in [0.15, 0.2) is 0 Å². The van der Waals surface area contributed by atoms with E-state index in [0.29, 0.717) is 0 Å². The van der Waals surface area contributed by atoms with Gasteiger partial charge in [-0.1, -0.05) is 126 Å². The van der Waals surface area contributed by atoms with E-state index in [2.05, 4.69) is 170 Å². The fraction of sp³-hybridized carbons (Fsp3) is 0.0526. The van der Waals surface area contributed by atoms with E-state index in [0.717, 1.165) is 17.1 Å². The Balaban J connectivity index is 1.49. The van der Waals surface area contributed by atoms with Crippen molar-refractivity contribution in [1.82, 2.24) is 0 Å². The van der Waals surface area contributed by atoms with Gasteiger partial charge in [0.05, 0.1) is 0 Å². The standard InChI is InChI=1S/C38H31N/c1-28-13-21-34(22-14-28)39(35-23-15-29(2)16-24-35)36-25-26-37(38(27-36)32-11-7-4-8-12-32)33-19-17-31(18-20-33)30-9-5-3-6-10-30/h3-27H,1-2H3. The van der Waals surface area contributed by atoms with Crippen molar-refractivity contribution in [3.8, 4) is 33.4 Å². The van der Waals surface area contributed by atoms with E-state index in [1.54, 1.807) is 0 Å². The van der Waals surface area contributed by atoms with E-state index >= 15 is 0 Å². The molecule has 0 bridgehead atoms. The second-order valence-electron chi connectivity index (χ2n) is 10.0. The highest BCUT2D eigenvalue weighted by Crippen LogP contribution is 2.41. The normalized spacial score (nSPS) is 10.8. The molecular formula is C38H31N. The molecule has 0 N–H and O–H groups in total. The van der Waals surface area contributed by atoms with Gasteiger partial charge in [-0.2, -0.15) is 0 Å². The highest BCUT2D eigenvalue weighted by molar-refractivity contribution is 5.89. The SMILES string of the molecule is Cc1ccc(N(c2ccc(C)cc2)c2ccc(-c3ccc(-c4ccccc4)cc3)c(-c3ccccc3)c2)cc1. The quantitative estimate of drug-likeness (QED) is 0.219. The Morgan fingerprint density at radius 2 is 0.744 bits per heavy atom. The van der Waals surface area contributed by atoms with Crippen molar-refractivity contribution in [3.05, 3.63) is 163 Å². The molecule has 188 valence electrons. The molecule has 0 aliphatic carbocycles. The lowest BCUT2D eigenvalue weighted by molar-refractivity contribution is 1.27. The summed E-state index contributed by atoms with van der Waals surface area (Å²) in [7, 11) is 0. The average Bonchev–Trinajstić information content (AvgIpc) is 3.00. The van der Waals surface area contributed by atoms with Gasteiger partial charge in [-0.15, -0.1) is 0 Å². The molecule has 0 aromatic heterocycles.